The average molecular weight is 278 g/mol. The van der Waals surface area contributed by atoms with Crippen LogP contribution in [0.3, 0.4) is 0 Å². The maximum absolute atomic E-state index is 8.98. The van der Waals surface area contributed by atoms with Crippen molar-refractivity contribution in [3.05, 3.63) is 64.2 Å². The Bertz CT molecular complexity index is 540. The summed E-state index contributed by atoms with van der Waals surface area (Å²) in [5.74, 6) is 0.709. The van der Waals surface area contributed by atoms with Gasteiger partial charge in [-0.05, 0) is 23.3 Å². The van der Waals surface area contributed by atoms with Crippen LogP contribution in [0.2, 0.25) is 5.02 Å². The molecule has 2 aromatic carbocycles. The van der Waals surface area contributed by atoms with Crippen molar-refractivity contribution >= 4 is 11.6 Å². The van der Waals surface area contributed by atoms with Crippen molar-refractivity contribution in [1.29, 1.82) is 0 Å². The molecule has 0 radical (unpaired) electrons. The van der Waals surface area contributed by atoms with E-state index in [-0.39, 0.29) is 6.61 Å². The minimum atomic E-state index is 0.0484. The van der Waals surface area contributed by atoms with Gasteiger partial charge in [-0.25, -0.2) is 0 Å². The second-order valence-corrected chi connectivity index (χ2v) is 4.59. The maximum atomic E-state index is 8.98. The van der Waals surface area contributed by atoms with E-state index in [1.54, 1.807) is 6.07 Å². The predicted molar refractivity (Wildman–Crippen MR) is 76.0 cm³/mol. The van der Waals surface area contributed by atoms with Gasteiger partial charge in [0.2, 0.25) is 0 Å². The summed E-state index contributed by atoms with van der Waals surface area (Å²) in [7, 11) is 0. The minimum absolute atomic E-state index is 0.0484. The van der Waals surface area contributed by atoms with E-state index in [0.717, 1.165) is 16.7 Å². The fraction of sp³-hybridized carbons (Fsp3) is 0.200. The lowest BCUT2D eigenvalue weighted by molar-refractivity contribution is 0.281. The summed E-state index contributed by atoms with van der Waals surface area (Å²) < 4.78 is 5.74. The molecule has 3 N–H and O–H groups in total. The number of nitrogens with two attached hydrogens (primary N) is 1. The lowest BCUT2D eigenvalue weighted by atomic mass is 10.1. The van der Waals surface area contributed by atoms with Gasteiger partial charge in [-0.1, -0.05) is 41.9 Å². The van der Waals surface area contributed by atoms with Crippen molar-refractivity contribution in [1.82, 2.24) is 0 Å². The highest BCUT2D eigenvalue weighted by Gasteiger charge is 2.06. The molecular weight excluding hydrogens is 262 g/mol. The standard InChI is InChI=1S/C15H16ClNO2/c16-14-2-1-3-15(13(14)8-17)19-10-12-6-4-11(9-18)5-7-12/h1-7,18H,8-10,17H2. The van der Waals surface area contributed by atoms with Gasteiger partial charge < -0.3 is 15.6 Å². The summed E-state index contributed by atoms with van der Waals surface area (Å²) in [6.45, 7) is 0.838. The second-order valence-electron chi connectivity index (χ2n) is 4.18. The van der Waals surface area contributed by atoms with Gasteiger partial charge in [-0.15, -0.1) is 0 Å². The van der Waals surface area contributed by atoms with E-state index in [4.69, 9.17) is 27.2 Å². The number of hydrogen-bond donors (Lipinski definition) is 2. The Balaban J connectivity index is 2.07. The lowest BCUT2D eigenvalue weighted by Crippen LogP contribution is -2.03. The van der Waals surface area contributed by atoms with Crippen molar-refractivity contribution < 1.29 is 9.84 Å². The number of benzene rings is 2. The van der Waals surface area contributed by atoms with E-state index >= 15 is 0 Å². The third-order valence-electron chi connectivity index (χ3n) is 2.88. The van der Waals surface area contributed by atoms with Crippen molar-refractivity contribution in [2.75, 3.05) is 0 Å². The van der Waals surface area contributed by atoms with Crippen LogP contribution < -0.4 is 10.5 Å². The van der Waals surface area contributed by atoms with Crippen LogP contribution in [0.15, 0.2) is 42.5 Å². The zero-order valence-corrected chi connectivity index (χ0v) is 11.2. The Morgan fingerprint density at radius 1 is 1.05 bits per heavy atom. The SMILES string of the molecule is NCc1c(Cl)cccc1OCc1ccc(CO)cc1. The van der Waals surface area contributed by atoms with E-state index in [9.17, 15) is 0 Å². The Morgan fingerprint density at radius 2 is 1.74 bits per heavy atom. The van der Waals surface area contributed by atoms with Crippen LogP contribution in [0.1, 0.15) is 16.7 Å². The molecule has 2 rings (SSSR count). The molecule has 0 unspecified atom stereocenters. The second kappa shape index (κ2) is 6.57. The topological polar surface area (TPSA) is 55.5 Å². The first-order chi connectivity index (χ1) is 9.24. The van der Waals surface area contributed by atoms with Crippen molar-refractivity contribution in [2.45, 2.75) is 19.8 Å². The third-order valence-corrected chi connectivity index (χ3v) is 3.23. The first-order valence-electron chi connectivity index (χ1n) is 6.03. The van der Waals surface area contributed by atoms with E-state index < -0.39 is 0 Å². The quantitative estimate of drug-likeness (QED) is 0.884. The van der Waals surface area contributed by atoms with E-state index in [1.807, 2.05) is 36.4 Å². The molecule has 0 heterocycles. The average Bonchev–Trinajstić information content (AvgIpc) is 2.45. The molecule has 3 nitrogen and oxygen atoms in total. The number of ether oxygens (including phenoxy) is 1. The number of hydrogen-bond acceptors (Lipinski definition) is 3. The van der Waals surface area contributed by atoms with Crippen molar-refractivity contribution in [3.8, 4) is 5.75 Å². The van der Waals surface area contributed by atoms with Gasteiger partial charge in [-0.2, -0.15) is 0 Å². The van der Waals surface area contributed by atoms with Gasteiger partial charge in [0.15, 0.2) is 0 Å². The molecule has 0 aliphatic carbocycles. The monoisotopic (exact) mass is 277 g/mol. The van der Waals surface area contributed by atoms with Gasteiger partial charge in [0.25, 0.3) is 0 Å². The molecule has 4 heteroatoms. The molecule has 19 heavy (non-hydrogen) atoms. The molecule has 0 amide bonds. The molecule has 0 saturated carbocycles. The van der Waals surface area contributed by atoms with Gasteiger partial charge in [0.05, 0.1) is 6.61 Å². The van der Waals surface area contributed by atoms with E-state index in [0.29, 0.717) is 23.9 Å². The molecule has 0 aliphatic rings. The van der Waals surface area contributed by atoms with Crippen LogP contribution >= 0.6 is 11.6 Å². The zero-order valence-electron chi connectivity index (χ0n) is 10.5. The molecule has 0 atom stereocenters. The van der Waals surface area contributed by atoms with E-state index in [1.165, 1.54) is 0 Å². The molecule has 100 valence electrons. The number of halogens is 1. The molecule has 0 saturated heterocycles. The van der Waals surface area contributed by atoms with Crippen molar-refractivity contribution in [2.24, 2.45) is 5.73 Å². The van der Waals surface area contributed by atoms with Crippen LogP contribution in [0, 0.1) is 0 Å². The first-order valence-corrected chi connectivity index (χ1v) is 6.41. The smallest absolute Gasteiger partial charge is 0.125 e. The molecular formula is C15H16ClNO2. The largest absolute Gasteiger partial charge is 0.489 e. The lowest BCUT2D eigenvalue weighted by Gasteiger charge is -2.11. The van der Waals surface area contributed by atoms with Crippen LogP contribution in [0.5, 0.6) is 5.75 Å². The Hall–Kier alpha value is -1.55. The molecule has 0 spiro atoms. The highest BCUT2D eigenvalue weighted by Crippen LogP contribution is 2.26. The number of aliphatic hydroxyl groups excluding tert-OH is 1. The summed E-state index contributed by atoms with van der Waals surface area (Å²) in [5, 5.41) is 9.60. The normalized spacial score (nSPS) is 10.5. The fourth-order valence-corrected chi connectivity index (χ4v) is 2.02. The van der Waals surface area contributed by atoms with Crippen LogP contribution in [-0.2, 0) is 19.8 Å². The number of aliphatic hydroxyl groups is 1. The molecule has 0 bridgehead atoms. The van der Waals surface area contributed by atoms with Crippen molar-refractivity contribution in [3.63, 3.8) is 0 Å². The predicted octanol–water partition coefficient (Wildman–Crippen LogP) is 2.87. The van der Waals surface area contributed by atoms with Crippen LogP contribution in [0.4, 0.5) is 0 Å². The van der Waals surface area contributed by atoms with Gasteiger partial charge >= 0.3 is 0 Å². The molecule has 0 aliphatic heterocycles. The van der Waals surface area contributed by atoms with E-state index in [2.05, 4.69) is 0 Å². The first kappa shape index (κ1) is 13.9. The number of rotatable bonds is 5. The summed E-state index contributed by atoms with van der Waals surface area (Å²) in [6.07, 6.45) is 0. The Kier molecular flexibility index (Phi) is 4.80. The van der Waals surface area contributed by atoms with Gasteiger partial charge in [0, 0.05) is 17.1 Å². The van der Waals surface area contributed by atoms with Crippen LogP contribution in [-0.4, -0.2) is 5.11 Å². The zero-order chi connectivity index (χ0) is 13.7. The Labute approximate surface area is 117 Å². The molecule has 0 aromatic heterocycles. The summed E-state index contributed by atoms with van der Waals surface area (Å²) in [5.41, 5.74) is 8.39. The van der Waals surface area contributed by atoms with Gasteiger partial charge in [0.1, 0.15) is 12.4 Å². The Morgan fingerprint density at radius 3 is 2.37 bits per heavy atom. The summed E-state index contributed by atoms with van der Waals surface area (Å²) in [6, 6.07) is 13.1. The molecule has 0 fully saturated rings. The highest BCUT2D eigenvalue weighted by molar-refractivity contribution is 6.31. The third kappa shape index (κ3) is 3.47. The highest BCUT2D eigenvalue weighted by atomic mass is 35.5. The maximum Gasteiger partial charge on any atom is 0.125 e. The fourth-order valence-electron chi connectivity index (χ4n) is 1.77. The minimum Gasteiger partial charge on any atom is -0.489 e. The molecule has 2 aromatic rings. The van der Waals surface area contributed by atoms with Gasteiger partial charge in [-0.3, -0.25) is 0 Å². The summed E-state index contributed by atoms with van der Waals surface area (Å²) >= 11 is 6.06. The van der Waals surface area contributed by atoms with Crippen LogP contribution in [0.25, 0.3) is 0 Å². The summed E-state index contributed by atoms with van der Waals surface area (Å²) in [4.78, 5) is 0.